The van der Waals surface area contributed by atoms with Gasteiger partial charge in [-0.15, -0.1) is 0 Å². The average Bonchev–Trinajstić information content (AvgIpc) is 3.76. The fraction of sp³-hybridized carbons (Fsp3) is 0.387. The van der Waals surface area contributed by atoms with E-state index in [9.17, 15) is 14.4 Å². The van der Waals surface area contributed by atoms with Crippen LogP contribution in [0.25, 0.3) is 21.8 Å². The van der Waals surface area contributed by atoms with E-state index in [1.807, 2.05) is 0 Å². The summed E-state index contributed by atoms with van der Waals surface area (Å²) in [7, 11) is 5.88. The number of hydrogen-bond acceptors (Lipinski definition) is 9. The number of carbonyl (C=O) groups excluding carboxylic acids is 3. The van der Waals surface area contributed by atoms with Crippen molar-refractivity contribution in [1.29, 1.82) is 0 Å². The number of esters is 1. The fourth-order valence-corrected chi connectivity index (χ4v) is 6.82. The summed E-state index contributed by atoms with van der Waals surface area (Å²) in [5, 5.41) is 4.99. The van der Waals surface area contributed by atoms with Crippen LogP contribution >= 0.6 is 15.9 Å². The summed E-state index contributed by atoms with van der Waals surface area (Å²) >= 11 is 3.63. The van der Waals surface area contributed by atoms with E-state index in [0.717, 1.165) is 5.56 Å². The maximum Gasteiger partial charge on any atom is 0.415 e. The van der Waals surface area contributed by atoms with Crippen LogP contribution in [-0.4, -0.2) is 99.3 Å². The van der Waals surface area contributed by atoms with Crippen LogP contribution in [-0.2, 0) is 4.74 Å². The summed E-state index contributed by atoms with van der Waals surface area (Å²) in [5.41, 5.74) is 3.57. The second-order valence-corrected chi connectivity index (χ2v) is 11.5. The zero-order chi connectivity index (χ0) is 32.0. The van der Waals surface area contributed by atoms with E-state index in [1.165, 1.54) is 28.4 Å². The normalized spacial score (nSPS) is 16.2. The van der Waals surface area contributed by atoms with Gasteiger partial charge in [-0.05, 0) is 24.6 Å². The van der Waals surface area contributed by atoms with Gasteiger partial charge >= 0.3 is 12.1 Å². The van der Waals surface area contributed by atoms with Crippen molar-refractivity contribution >= 4 is 61.4 Å². The van der Waals surface area contributed by atoms with Crippen molar-refractivity contribution in [1.82, 2.24) is 20.2 Å². The monoisotopic (exact) mass is 683 g/mol. The lowest BCUT2D eigenvalue weighted by Gasteiger charge is -2.26. The highest BCUT2D eigenvalue weighted by Gasteiger charge is 2.39. The zero-order valence-electron chi connectivity index (χ0n) is 25.6. The number of H-pyrrole nitrogens is 2. The highest BCUT2D eigenvalue weighted by Crippen LogP contribution is 2.49. The molecule has 2 amide bonds. The molecule has 1 atom stereocenters. The topological polar surface area (TPSA) is 147 Å². The van der Waals surface area contributed by atoms with E-state index in [2.05, 4.69) is 31.2 Å². The molecule has 1 saturated heterocycles. The third-order valence-electron chi connectivity index (χ3n) is 8.39. The van der Waals surface area contributed by atoms with Crippen molar-refractivity contribution in [3.63, 3.8) is 0 Å². The van der Waals surface area contributed by atoms with E-state index >= 15 is 0 Å². The molecule has 2 aliphatic heterocycles. The van der Waals surface area contributed by atoms with Gasteiger partial charge < -0.3 is 48.8 Å². The lowest BCUT2D eigenvalue weighted by molar-refractivity contribution is 0.0602. The first-order valence-corrected chi connectivity index (χ1v) is 15.5. The summed E-state index contributed by atoms with van der Waals surface area (Å²) in [6.45, 7) is 4.39. The van der Waals surface area contributed by atoms with Gasteiger partial charge in [0.2, 0.25) is 5.75 Å². The molecule has 13 nitrogen and oxygen atoms in total. The van der Waals surface area contributed by atoms with E-state index in [1.54, 1.807) is 34.9 Å². The molecule has 45 heavy (non-hydrogen) atoms. The zero-order valence-corrected chi connectivity index (χ0v) is 27.2. The minimum Gasteiger partial charge on any atom is -0.493 e. The van der Waals surface area contributed by atoms with Crippen molar-refractivity contribution in [2.45, 2.75) is 12.8 Å². The Hall–Kier alpha value is -4.43. The fourth-order valence-electron chi connectivity index (χ4n) is 6.29. The van der Waals surface area contributed by atoms with Crippen LogP contribution in [0.4, 0.5) is 10.5 Å². The predicted octanol–water partition coefficient (Wildman–Crippen LogP) is 4.31. The third-order valence-corrected chi connectivity index (χ3v) is 9.17. The third kappa shape index (κ3) is 5.01. The quantitative estimate of drug-likeness (QED) is 0.191. The van der Waals surface area contributed by atoms with Crippen molar-refractivity contribution in [2.24, 2.45) is 0 Å². The van der Waals surface area contributed by atoms with Gasteiger partial charge in [-0.3, -0.25) is 4.79 Å². The van der Waals surface area contributed by atoms with Crippen molar-refractivity contribution in [3.05, 3.63) is 40.7 Å². The number of anilines is 1. The molecule has 4 aromatic rings. The maximum atomic E-state index is 14.3. The van der Waals surface area contributed by atoms with Crippen LogP contribution in [0.2, 0.25) is 0 Å². The second-order valence-electron chi connectivity index (χ2n) is 10.8. The molecule has 0 aliphatic carbocycles. The summed E-state index contributed by atoms with van der Waals surface area (Å²) < 4.78 is 27.8. The van der Waals surface area contributed by atoms with Crippen LogP contribution < -0.4 is 29.2 Å². The average molecular weight is 685 g/mol. The van der Waals surface area contributed by atoms with Gasteiger partial charge in [0.05, 0.1) is 50.7 Å². The molecule has 3 N–H and O–H groups in total. The second kappa shape index (κ2) is 12.2. The highest BCUT2D eigenvalue weighted by atomic mass is 79.9. The number of nitrogens with zero attached hydrogens (tertiary/aromatic N) is 2. The first-order chi connectivity index (χ1) is 21.8. The van der Waals surface area contributed by atoms with Gasteiger partial charge in [-0.25, -0.2) is 9.59 Å². The molecule has 6 rings (SSSR count). The number of ether oxygens (including phenoxy) is 5. The number of aryl methyl sites for hydroxylation is 1. The molecule has 0 spiro atoms. The van der Waals surface area contributed by atoms with Crippen LogP contribution in [0.3, 0.4) is 0 Å². The number of alkyl halides is 1. The number of rotatable bonds is 7. The Balaban J connectivity index is 1.51. The lowest BCUT2D eigenvalue weighted by Crippen LogP contribution is -2.47. The van der Waals surface area contributed by atoms with Crippen LogP contribution in [0.5, 0.6) is 23.0 Å². The Labute approximate surface area is 267 Å². The number of amides is 2. The molecule has 238 valence electrons. The molecule has 0 unspecified atom stereocenters. The maximum absolute atomic E-state index is 14.3. The lowest BCUT2D eigenvalue weighted by atomic mass is 9.95. The van der Waals surface area contributed by atoms with Gasteiger partial charge in [0, 0.05) is 66.5 Å². The van der Waals surface area contributed by atoms with Crippen LogP contribution in [0.1, 0.15) is 38.0 Å². The summed E-state index contributed by atoms with van der Waals surface area (Å²) in [6, 6.07) is 5.20. The first-order valence-electron chi connectivity index (χ1n) is 14.4. The molecule has 1 fully saturated rings. The first kappa shape index (κ1) is 30.6. The Bertz CT molecular complexity index is 1830. The van der Waals surface area contributed by atoms with Crippen LogP contribution in [0.15, 0.2) is 18.2 Å². The van der Waals surface area contributed by atoms with Gasteiger partial charge in [0.15, 0.2) is 17.2 Å². The summed E-state index contributed by atoms with van der Waals surface area (Å²) in [4.78, 5) is 50.4. The smallest absolute Gasteiger partial charge is 0.415 e. The molecular weight excluding hydrogens is 650 g/mol. The van der Waals surface area contributed by atoms with Crippen molar-refractivity contribution in [2.75, 3.05) is 71.4 Å². The number of carbonyl (C=O) groups is 3. The molecular formula is C31H34BrN5O8. The summed E-state index contributed by atoms with van der Waals surface area (Å²) in [5.74, 6) is 0.448. The standard InChI is InChI=1S/C31H34BrN5O8/c1-15-22(30(39)44-5)24-23-17(13-32)14-37(19(23)12-20(26(24)34-15)45-31(40)36-8-6-33-7-9-36)29(38)18-10-16-11-21(41-2)27(42-3)28(43-4)25(16)35-18/h10-12,17,33-35H,6-9,13-14H2,1-5H3/t17-/m1/s1. The largest absolute Gasteiger partial charge is 0.493 e. The molecule has 2 aromatic heterocycles. The minimum atomic E-state index is -0.532. The Morgan fingerprint density at radius 3 is 2.31 bits per heavy atom. The molecule has 0 saturated carbocycles. The van der Waals surface area contributed by atoms with E-state index in [-0.39, 0.29) is 17.6 Å². The van der Waals surface area contributed by atoms with E-state index < -0.39 is 12.1 Å². The predicted molar refractivity (Wildman–Crippen MR) is 171 cm³/mol. The van der Waals surface area contributed by atoms with Crippen LogP contribution in [0, 0.1) is 6.92 Å². The van der Waals surface area contributed by atoms with Gasteiger partial charge in [0.25, 0.3) is 5.91 Å². The minimum absolute atomic E-state index is 0.179. The Morgan fingerprint density at radius 2 is 1.67 bits per heavy atom. The number of hydrogen-bond donors (Lipinski definition) is 3. The van der Waals surface area contributed by atoms with E-state index in [4.69, 9.17) is 23.7 Å². The molecule has 0 bridgehead atoms. The number of halogens is 1. The molecule has 4 heterocycles. The highest BCUT2D eigenvalue weighted by molar-refractivity contribution is 9.09. The Morgan fingerprint density at radius 1 is 0.933 bits per heavy atom. The molecule has 2 aliphatic rings. The number of aromatic nitrogens is 2. The van der Waals surface area contributed by atoms with Crippen molar-refractivity contribution in [3.8, 4) is 23.0 Å². The number of fused-ring (bicyclic) bond motifs is 4. The Kier molecular flexibility index (Phi) is 8.27. The van der Waals surface area contributed by atoms with E-state index in [0.29, 0.717) is 99.7 Å². The molecule has 14 heteroatoms. The van der Waals surface area contributed by atoms with Crippen molar-refractivity contribution < 1.29 is 38.1 Å². The SMILES string of the molecule is COC(=O)c1c(C)[nH]c2c(OC(=O)N3CCNCC3)cc3c(c12)[C@H](CBr)CN3C(=O)c1cc2cc(OC)c(OC)c(OC)c2[nH]1. The van der Waals surface area contributed by atoms with Gasteiger partial charge in [-0.1, -0.05) is 15.9 Å². The number of methoxy groups -OCH3 is 4. The summed E-state index contributed by atoms with van der Waals surface area (Å²) in [6.07, 6.45) is -0.511. The number of aromatic amines is 2. The number of nitrogens with one attached hydrogen (secondary N) is 3. The number of benzene rings is 2. The van der Waals surface area contributed by atoms with Gasteiger partial charge in [0.1, 0.15) is 5.69 Å². The molecule has 0 radical (unpaired) electrons. The van der Waals surface area contributed by atoms with Gasteiger partial charge in [-0.2, -0.15) is 0 Å². The number of piperazine rings is 1. The molecule has 2 aromatic carbocycles.